The van der Waals surface area contributed by atoms with Crippen molar-refractivity contribution in [3.8, 4) is 0 Å². The molecule has 0 N–H and O–H groups in total. The number of hydrogen-bond acceptors (Lipinski definition) is 3. The Morgan fingerprint density at radius 3 is 2.80 bits per heavy atom. The third-order valence-corrected chi connectivity index (χ3v) is 3.70. The van der Waals surface area contributed by atoms with E-state index in [1.807, 2.05) is 13.0 Å². The molecule has 3 rings (SSSR count). The molecular formula is C16H20N4. The Morgan fingerprint density at radius 2 is 2.00 bits per heavy atom. The summed E-state index contributed by atoms with van der Waals surface area (Å²) in [5.74, 6) is 2.11. The lowest BCUT2D eigenvalue weighted by molar-refractivity contribution is 0.233. The van der Waals surface area contributed by atoms with E-state index in [9.17, 15) is 0 Å². The zero-order valence-electron chi connectivity index (χ0n) is 12.1. The van der Waals surface area contributed by atoms with Gasteiger partial charge < -0.3 is 4.57 Å². The summed E-state index contributed by atoms with van der Waals surface area (Å²) in [4.78, 5) is 2.43. The van der Waals surface area contributed by atoms with E-state index < -0.39 is 0 Å². The molecule has 20 heavy (non-hydrogen) atoms. The van der Waals surface area contributed by atoms with Gasteiger partial charge in [0.2, 0.25) is 0 Å². The predicted molar refractivity (Wildman–Crippen MR) is 80.1 cm³/mol. The summed E-state index contributed by atoms with van der Waals surface area (Å²) in [5.41, 5.74) is 2.64. The Bertz CT molecular complexity index is 613. The van der Waals surface area contributed by atoms with E-state index in [1.54, 1.807) is 0 Å². The molecule has 0 amide bonds. The van der Waals surface area contributed by atoms with Crippen molar-refractivity contribution in [1.82, 2.24) is 19.7 Å². The molecule has 4 nitrogen and oxygen atoms in total. The lowest BCUT2D eigenvalue weighted by Crippen LogP contribution is -2.35. The van der Waals surface area contributed by atoms with E-state index in [1.165, 1.54) is 11.1 Å². The van der Waals surface area contributed by atoms with E-state index in [0.29, 0.717) is 0 Å². The van der Waals surface area contributed by atoms with E-state index in [0.717, 1.165) is 37.8 Å². The number of hydrogen-bond donors (Lipinski definition) is 0. The Morgan fingerprint density at radius 1 is 1.20 bits per heavy atom. The van der Waals surface area contributed by atoms with Crippen LogP contribution < -0.4 is 0 Å². The molecule has 0 aliphatic carbocycles. The molecule has 1 aliphatic rings. The monoisotopic (exact) mass is 268 g/mol. The van der Waals surface area contributed by atoms with Gasteiger partial charge in [-0.15, -0.1) is 10.2 Å². The maximum Gasteiger partial charge on any atom is 0.147 e. The van der Waals surface area contributed by atoms with Gasteiger partial charge in [-0.05, 0) is 19.4 Å². The highest BCUT2D eigenvalue weighted by Gasteiger charge is 2.19. The topological polar surface area (TPSA) is 34.0 Å². The summed E-state index contributed by atoms with van der Waals surface area (Å²) in [6, 6.07) is 10.5. The maximum absolute atomic E-state index is 4.25. The minimum absolute atomic E-state index is 0.890. The number of benzene rings is 1. The summed E-state index contributed by atoms with van der Waals surface area (Å²) in [7, 11) is 0. The van der Waals surface area contributed by atoms with Gasteiger partial charge in [-0.3, -0.25) is 4.90 Å². The molecule has 1 aliphatic heterocycles. The number of fused-ring (bicyclic) bond motifs is 1. The second-order valence-corrected chi connectivity index (χ2v) is 5.43. The summed E-state index contributed by atoms with van der Waals surface area (Å²) in [6.07, 6.45) is 2.25. The normalized spacial score (nSPS) is 16.2. The van der Waals surface area contributed by atoms with Crippen molar-refractivity contribution in [3.63, 3.8) is 0 Å². The van der Waals surface area contributed by atoms with E-state index >= 15 is 0 Å². The average molecular weight is 268 g/mol. The third kappa shape index (κ3) is 2.80. The summed E-state index contributed by atoms with van der Waals surface area (Å²) in [5, 5.41) is 8.40. The summed E-state index contributed by atoms with van der Waals surface area (Å²) >= 11 is 0. The molecule has 0 atom stereocenters. The number of aryl methyl sites for hydroxylation is 1. The van der Waals surface area contributed by atoms with Crippen LogP contribution in [-0.2, 0) is 13.1 Å². The van der Waals surface area contributed by atoms with E-state index in [2.05, 4.69) is 56.9 Å². The van der Waals surface area contributed by atoms with Crippen LogP contribution in [0.5, 0.6) is 0 Å². The zero-order valence-corrected chi connectivity index (χ0v) is 12.1. The summed E-state index contributed by atoms with van der Waals surface area (Å²) in [6.45, 7) is 8.14. The molecule has 0 unspecified atom stereocenters. The molecule has 4 heteroatoms. The van der Waals surface area contributed by atoms with Gasteiger partial charge >= 0.3 is 0 Å². The zero-order chi connectivity index (χ0) is 13.9. The van der Waals surface area contributed by atoms with Gasteiger partial charge in [0.1, 0.15) is 11.6 Å². The molecular weight excluding hydrogens is 248 g/mol. The molecule has 0 spiro atoms. The molecule has 0 fully saturated rings. The van der Waals surface area contributed by atoms with Crippen LogP contribution in [0.4, 0.5) is 0 Å². The molecule has 1 aromatic carbocycles. The van der Waals surface area contributed by atoms with Crippen molar-refractivity contribution in [3.05, 3.63) is 53.1 Å². The average Bonchev–Trinajstić information content (AvgIpc) is 2.81. The second kappa shape index (κ2) is 5.59. The fourth-order valence-electron chi connectivity index (χ4n) is 2.72. The van der Waals surface area contributed by atoms with E-state index in [-0.39, 0.29) is 0 Å². The third-order valence-electron chi connectivity index (χ3n) is 3.70. The first-order valence-electron chi connectivity index (χ1n) is 7.05. The Balaban J connectivity index is 1.66. The first-order valence-corrected chi connectivity index (χ1v) is 7.05. The van der Waals surface area contributed by atoms with Crippen LogP contribution in [0.15, 0.2) is 35.9 Å². The molecule has 0 bridgehead atoms. The van der Waals surface area contributed by atoms with Crippen LogP contribution in [-0.4, -0.2) is 32.8 Å². The highest BCUT2D eigenvalue weighted by molar-refractivity contribution is 5.52. The smallest absolute Gasteiger partial charge is 0.147 e. The minimum atomic E-state index is 0.890. The highest BCUT2D eigenvalue weighted by atomic mass is 15.3. The van der Waals surface area contributed by atoms with Gasteiger partial charge in [-0.1, -0.05) is 42.0 Å². The predicted octanol–water partition coefficient (Wildman–Crippen LogP) is 2.51. The number of rotatable bonds is 3. The Kier molecular flexibility index (Phi) is 3.65. The van der Waals surface area contributed by atoms with Crippen LogP contribution in [0.3, 0.4) is 0 Å². The van der Waals surface area contributed by atoms with Gasteiger partial charge in [-0.2, -0.15) is 0 Å². The van der Waals surface area contributed by atoms with Crippen molar-refractivity contribution in [1.29, 1.82) is 0 Å². The lowest BCUT2D eigenvalue weighted by atomic mass is 10.1. The van der Waals surface area contributed by atoms with Crippen LogP contribution in [0.25, 0.3) is 6.08 Å². The van der Waals surface area contributed by atoms with Crippen LogP contribution in [0.1, 0.15) is 24.1 Å². The van der Waals surface area contributed by atoms with E-state index in [4.69, 9.17) is 0 Å². The SMILES string of the molecule is CC(=Cc1ccccc1)CN1CCn2c(C)nnc2C1. The first kappa shape index (κ1) is 13.1. The molecule has 0 saturated carbocycles. The molecule has 1 aromatic heterocycles. The number of aromatic nitrogens is 3. The summed E-state index contributed by atoms with van der Waals surface area (Å²) < 4.78 is 2.22. The van der Waals surface area contributed by atoms with Gasteiger partial charge in [0.25, 0.3) is 0 Å². The second-order valence-electron chi connectivity index (χ2n) is 5.43. The van der Waals surface area contributed by atoms with Gasteiger partial charge in [-0.25, -0.2) is 0 Å². The van der Waals surface area contributed by atoms with Crippen molar-refractivity contribution >= 4 is 6.08 Å². The molecule has 104 valence electrons. The number of nitrogens with zero attached hydrogens (tertiary/aromatic N) is 4. The van der Waals surface area contributed by atoms with Crippen molar-refractivity contribution in [2.45, 2.75) is 26.9 Å². The minimum Gasteiger partial charge on any atom is -0.313 e. The Hall–Kier alpha value is -1.94. The standard InChI is InChI=1S/C16H20N4/c1-13(10-15-6-4-3-5-7-15)11-19-8-9-20-14(2)17-18-16(20)12-19/h3-7,10H,8-9,11-12H2,1-2H3. The largest absolute Gasteiger partial charge is 0.313 e. The van der Waals surface area contributed by atoms with Crippen LogP contribution in [0.2, 0.25) is 0 Å². The van der Waals surface area contributed by atoms with Crippen molar-refractivity contribution < 1.29 is 0 Å². The lowest BCUT2D eigenvalue weighted by Gasteiger charge is -2.27. The van der Waals surface area contributed by atoms with Crippen LogP contribution in [0, 0.1) is 6.92 Å². The fourth-order valence-corrected chi connectivity index (χ4v) is 2.72. The first-order chi connectivity index (χ1) is 9.72. The fraction of sp³-hybridized carbons (Fsp3) is 0.375. The molecule has 2 heterocycles. The van der Waals surface area contributed by atoms with Crippen molar-refractivity contribution in [2.75, 3.05) is 13.1 Å². The van der Waals surface area contributed by atoms with Gasteiger partial charge in [0.05, 0.1) is 6.54 Å². The highest BCUT2D eigenvalue weighted by Crippen LogP contribution is 2.14. The van der Waals surface area contributed by atoms with Gasteiger partial charge in [0, 0.05) is 19.6 Å². The molecule has 2 aromatic rings. The quantitative estimate of drug-likeness (QED) is 0.857. The molecule has 0 radical (unpaired) electrons. The maximum atomic E-state index is 4.25. The Labute approximate surface area is 119 Å². The van der Waals surface area contributed by atoms with Crippen LogP contribution >= 0.6 is 0 Å². The van der Waals surface area contributed by atoms with Crippen molar-refractivity contribution in [2.24, 2.45) is 0 Å². The van der Waals surface area contributed by atoms with Gasteiger partial charge in [0.15, 0.2) is 0 Å². The molecule has 0 saturated heterocycles.